The summed E-state index contributed by atoms with van der Waals surface area (Å²) in [5.74, 6) is 0. The first-order chi connectivity index (χ1) is 6.83. The van der Waals surface area contributed by atoms with Gasteiger partial charge in [-0.05, 0) is 6.92 Å². The summed E-state index contributed by atoms with van der Waals surface area (Å²) in [6, 6.07) is 0. The van der Waals surface area contributed by atoms with E-state index >= 15 is 0 Å². The van der Waals surface area contributed by atoms with Crippen molar-refractivity contribution in [2.75, 3.05) is 6.54 Å². The van der Waals surface area contributed by atoms with Crippen molar-refractivity contribution in [3.8, 4) is 0 Å². The van der Waals surface area contributed by atoms with Gasteiger partial charge in [-0.1, -0.05) is 11.3 Å². The predicted octanol–water partition coefficient (Wildman–Crippen LogP) is 0.288. The first-order valence-electron chi connectivity index (χ1n) is 3.80. The molecule has 0 spiro atoms. The van der Waals surface area contributed by atoms with Gasteiger partial charge in [-0.3, -0.25) is 4.79 Å². The Labute approximate surface area is 88.2 Å². The van der Waals surface area contributed by atoms with E-state index in [1.807, 2.05) is 0 Å². The maximum absolute atomic E-state index is 11.8. The van der Waals surface area contributed by atoms with Crippen molar-refractivity contribution in [1.29, 1.82) is 0 Å². The van der Waals surface area contributed by atoms with E-state index < -0.39 is 27.9 Å². The van der Waals surface area contributed by atoms with Crippen LogP contribution in [0.5, 0.6) is 0 Å². The van der Waals surface area contributed by atoms with Gasteiger partial charge in [0, 0.05) is 5.69 Å². The van der Waals surface area contributed by atoms with Crippen LogP contribution in [0.3, 0.4) is 0 Å². The Hall–Kier alpha value is -0.800. The highest BCUT2D eigenvalue weighted by Crippen LogP contribution is 2.15. The van der Waals surface area contributed by atoms with E-state index in [-0.39, 0.29) is 9.90 Å². The number of aromatic nitrogens is 1. The fraction of sp³-hybridized carbons (Fsp3) is 0.500. The largest absolute Gasteiger partial charge is 0.315 e. The van der Waals surface area contributed by atoms with Crippen LogP contribution in [-0.4, -0.2) is 26.4 Å². The fourth-order valence-electron chi connectivity index (χ4n) is 0.885. The van der Waals surface area contributed by atoms with Crippen LogP contribution in [0, 0.1) is 6.92 Å². The molecule has 0 aliphatic heterocycles. The number of halogens is 2. The van der Waals surface area contributed by atoms with Gasteiger partial charge in [0.1, 0.15) is 0 Å². The first-order valence-corrected chi connectivity index (χ1v) is 6.10. The molecular weight excluding hydrogens is 250 g/mol. The van der Waals surface area contributed by atoms with Crippen LogP contribution in [0.4, 0.5) is 8.78 Å². The van der Waals surface area contributed by atoms with Gasteiger partial charge in [0.15, 0.2) is 4.21 Å². The number of thiazole rings is 1. The van der Waals surface area contributed by atoms with Gasteiger partial charge in [0.25, 0.3) is 16.4 Å². The molecule has 15 heavy (non-hydrogen) atoms. The molecule has 86 valence electrons. The number of rotatable bonds is 4. The molecule has 0 saturated carbocycles. The molecule has 2 N–H and O–H groups in total. The molecule has 1 aromatic rings. The quantitative estimate of drug-likeness (QED) is 0.814. The second kappa shape index (κ2) is 4.37. The van der Waals surface area contributed by atoms with Gasteiger partial charge in [-0.15, -0.1) is 0 Å². The summed E-state index contributed by atoms with van der Waals surface area (Å²) in [6.45, 7) is 0.419. The topological polar surface area (TPSA) is 79.0 Å². The molecular formula is C6H8F2N2O3S2. The lowest BCUT2D eigenvalue weighted by molar-refractivity contribution is 0.153. The number of H-pyrrole nitrogens is 1. The van der Waals surface area contributed by atoms with Gasteiger partial charge < -0.3 is 4.98 Å². The van der Waals surface area contributed by atoms with E-state index in [0.29, 0.717) is 11.3 Å². The number of hydrogen-bond acceptors (Lipinski definition) is 4. The Morgan fingerprint density at radius 1 is 1.53 bits per heavy atom. The summed E-state index contributed by atoms with van der Waals surface area (Å²) < 4.78 is 47.8. The highest BCUT2D eigenvalue weighted by molar-refractivity contribution is 7.91. The van der Waals surface area contributed by atoms with Crippen LogP contribution in [0.1, 0.15) is 5.69 Å². The molecule has 1 heterocycles. The highest BCUT2D eigenvalue weighted by Gasteiger charge is 2.21. The van der Waals surface area contributed by atoms with Gasteiger partial charge in [-0.2, -0.15) is 0 Å². The number of aryl methyl sites for hydroxylation is 1. The molecule has 1 aromatic heterocycles. The summed E-state index contributed by atoms with van der Waals surface area (Å²) in [4.78, 5) is 12.5. The van der Waals surface area contributed by atoms with Crippen LogP contribution < -0.4 is 9.60 Å². The van der Waals surface area contributed by atoms with E-state index in [4.69, 9.17) is 0 Å². The molecule has 0 unspecified atom stereocenters. The van der Waals surface area contributed by atoms with Gasteiger partial charge in [0.2, 0.25) is 0 Å². The zero-order valence-electron chi connectivity index (χ0n) is 7.58. The maximum Gasteiger partial charge on any atom is 0.305 e. The van der Waals surface area contributed by atoms with E-state index in [9.17, 15) is 22.0 Å². The lowest BCUT2D eigenvalue weighted by Gasteiger charge is -2.03. The van der Waals surface area contributed by atoms with Crippen molar-refractivity contribution in [2.45, 2.75) is 17.6 Å². The third-order valence-corrected chi connectivity index (χ3v) is 4.48. The third kappa shape index (κ3) is 3.08. The van der Waals surface area contributed by atoms with Crippen LogP contribution >= 0.6 is 11.3 Å². The summed E-state index contributed by atoms with van der Waals surface area (Å²) in [5.41, 5.74) is 0.145. The van der Waals surface area contributed by atoms with Crippen LogP contribution in [-0.2, 0) is 10.0 Å². The number of hydrogen-bond donors (Lipinski definition) is 2. The Bertz CT molecular complexity index is 491. The normalized spacial score (nSPS) is 12.3. The minimum atomic E-state index is -4.01. The van der Waals surface area contributed by atoms with Crippen molar-refractivity contribution in [3.05, 3.63) is 15.4 Å². The minimum absolute atomic E-state index is 0.145. The SMILES string of the molecule is Cc1[nH]c(=O)sc1S(=O)(=O)NCC(F)F. The maximum atomic E-state index is 11.8. The Kier molecular flexibility index (Phi) is 3.58. The van der Waals surface area contributed by atoms with E-state index in [0.717, 1.165) is 0 Å². The van der Waals surface area contributed by atoms with E-state index in [1.165, 1.54) is 6.92 Å². The smallest absolute Gasteiger partial charge is 0.305 e. The van der Waals surface area contributed by atoms with Crippen molar-refractivity contribution in [1.82, 2.24) is 9.71 Å². The first kappa shape index (κ1) is 12.3. The molecule has 0 radical (unpaired) electrons. The lowest BCUT2D eigenvalue weighted by Crippen LogP contribution is -2.28. The molecule has 0 aromatic carbocycles. The third-order valence-electron chi connectivity index (χ3n) is 1.45. The van der Waals surface area contributed by atoms with E-state index in [2.05, 4.69) is 4.98 Å². The average Bonchev–Trinajstić information content (AvgIpc) is 2.43. The summed E-state index contributed by atoms with van der Waals surface area (Å²) in [6.07, 6.45) is -2.77. The fourth-order valence-corrected chi connectivity index (χ4v) is 3.23. The van der Waals surface area contributed by atoms with E-state index in [1.54, 1.807) is 4.72 Å². The van der Waals surface area contributed by atoms with Crippen molar-refractivity contribution in [2.24, 2.45) is 0 Å². The number of aromatic amines is 1. The monoisotopic (exact) mass is 258 g/mol. The zero-order valence-corrected chi connectivity index (χ0v) is 9.21. The summed E-state index contributed by atoms with van der Waals surface area (Å²) in [7, 11) is -4.01. The molecule has 0 saturated heterocycles. The number of alkyl halides is 2. The van der Waals surface area contributed by atoms with Gasteiger partial charge >= 0.3 is 4.87 Å². The highest BCUT2D eigenvalue weighted by atomic mass is 32.2. The molecule has 0 aliphatic rings. The van der Waals surface area contributed by atoms with Crippen LogP contribution in [0.15, 0.2) is 9.00 Å². The van der Waals surface area contributed by atoms with Gasteiger partial charge in [-0.25, -0.2) is 21.9 Å². The van der Waals surface area contributed by atoms with Crippen molar-refractivity contribution in [3.63, 3.8) is 0 Å². The molecule has 0 bridgehead atoms. The standard InChI is InChI=1S/C6H8F2N2O3S2/c1-3-5(14-6(11)10-3)15(12,13)9-2-4(7)8/h4,9H,2H2,1H3,(H,10,11). The molecule has 0 amide bonds. The Balaban J connectivity index is 2.96. The lowest BCUT2D eigenvalue weighted by atomic mass is 10.6. The van der Waals surface area contributed by atoms with Crippen molar-refractivity contribution < 1.29 is 17.2 Å². The molecule has 9 heteroatoms. The minimum Gasteiger partial charge on any atom is -0.315 e. The molecule has 0 atom stereocenters. The van der Waals surface area contributed by atoms with Gasteiger partial charge in [0.05, 0.1) is 6.54 Å². The summed E-state index contributed by atoms with van der Waals surface area (Å²) >= 11 is 0.466. The van der Waals surface area contributed by atoms with Crippen molar-refractivity contribution >= 4 is 21.4 Å². The molecule has 5 nitrogen and oxygen atoms in total. The Morgan fingerprint density at radius 3 is 2.53 bits per heavy atom. The summed E-state index contributed by atoms with van der Waals surface area (Å²) in [5, 5.41) is 0. The zero-order chi connectivity index (χ0) is 11.6. The molecule has 0 fully saturated rings. The Morgan fingerprint density at radius 2 is 2.13 bits per heavy atom. The van der Waals surface area contributed by atoms with Crippen LogP contribution in [0.2, 0.25) is 0 Å². The van der Waals surface area contributed by atoms with Crippen LogP contribution in [0.25, 0.3) is 0 Å². The second-order valence-electron chi connectivity index (χ2n) is 2.67. The number of sulfonamides is 1. The average molecular weight is 258 g/mol. The molecule has 0 aliphatic carbocycles. The second-order valence-corrected chi connectivity index (χ2v) is 5.62. The predicted molar refractivity (Wildman–Crippen MR) is 50.9 cm³/mol. The number of nitrogens with one attached hydrogen (secondary N) is 2. The molecule has 1 rings (SSSR count).